The Morgan fingerprint density at radius 1 is 1.18 bits per heavy atom. The molecule has 1 atom stereocenters. The van der Waals surface area contributed by atoms with Crippen molar-refractivity contribution in [2.24, 2.45) is 0 Å². The Kier molecular flexibility index (Phi) is 9.57. The lowest BCUT2D eigenvalue weighted by molar-refractivity contribution is -0.139. The second kappa shape index (κ2) is 11.7. The molecule has 0 aromatic heterocycles. The van der Waals surface area contributed by atoms with Gasteiger partial charge < -0.3 is 15.0 Å². The first-order chi connectivity index (χ1) is 15.5. The van der Waals surface area contributed by atoms with Crippen molar-refractivity contribution in [3.8, 4) is 5.75 Å². The van der Waals surface area contributed by atoms with Crippen LogP contribution in [0.5, 0.6) is 5.75 Å². The molecule has 8 nitrogen and oxygen atoms in total. The molecule has 2 aromatic rings. The van der Waals surface area contributed by atoms with E-state index in [9.17, 15) is 18.0 Å². The average Bonchev–Trinajstić information content (AvgIpc) is 2.75. The number of halogens is 2. The van der Waals surface area contributed by atoms with Crippen molar-refractivity contribution in [1.29, 1.82) is 0 Å². The van der Waals surface area contributed by atoms with Gasteiger partial charge in [0.15, 0.2) is 0 Å². The molecule has 11 heteroatoms. The van der Waals surface area contributed by atoms with Crippen molar-refractivity contribution in [2.45, 2.75) is 26.4 Å². The standard InChI is InChI=1S/C22H27BrClN3O5S/c1-5-25-22(29)15(2)26(13-16-6-8-17(23)9-7-16)21(28)14-27(33(4,30)31)18-10-11-20(32-3)19(24)12-18/h6-12,15H,5,13-14H2,1-4H3,(H,25,29)/t15-/m1/s1. The Hall–Kier alpha value is -2.30. The monoisotopic (exact) mass is 559 g/mol. The molecule has 0 bridgehead atoms. The average molecular weight is 561 g/mol. The summed E-state index contributed by atoms with van der Waals surface area (Å²) in [6.45, 7) is 3.43. The van der Waals surface area contributed by atoms with Crippen LogP contribution in [0.4, 0.5) is 5.69 Å². The van der Waals surface area contributed by atoms with E-state index < -0.39 is 28.5 Å². The molecule has 2 amide bonds. The van der Waals surface area contributed by atoms with Crippen LogP contribution >= 0.6 is 27.5 Å². The number of nitrogens with zero attached hydrogens (tertiary/aromatic N) is 2. The van der Waals surface area contributed by atoms with Gasteiger partial charge in [-0.25, -0.2) is 8.42 Å². The van der Waals surface area contributed by atoms with Gasteiger partial charge in [-0.1, -0.05) is 39.7 Å². The van der Waals surface area contributed by atoms with E-state index in [2.05, 4.69) is 21.2 Å². The van der Waals surface area contributed by atoms with E-state index in [-0.39, 0.29) is 23.2 Å². The minimum atomic E-state index is -3.84. The molecular weight excluding hydrogens is 534 g/mol. The number of carbonyl (C=O) groups excluding carboxylic acids is 2. The van der Waals surface area contributed by atoms with Crippen LogP contribution in [0.2, 0.25) is 5.02 Å². The minimum Gasteiger partial charge on any atom is -0.495 e. The third kappa shape index (κ3) is 7.35. The number of methoxy groups -OCH3 is 1. The number of hydrogen-bond donors (Lipinski definition) is 1. The van der Waals surface area contributed by atoms with Gasteiger partial charge in [-0.05, 0) is 49.7 Å². The molecular formula is C22H27BrClN3O5S. The summed E-state index contributed by atoms with van der Waals surface area (Å²) >= 11 is 9.54. The first-order valence-electron chi connectivity index (χ1n) is 10.1. The fraction of sp³-hybridized carbons (Fsp3) is 0.364. The number of anilines is 1. The van der Waals surface area contributed by atoms with Crippen molar-refractivity contribution >= 4 is 55.1 Å². The molecule has 33 heavy (non-hydrogen) atoms. The van der Waals surface area contributed by atoms with Gasteiger partial charge in [-0.3, -0.25) is 13.9 Å². The maximum absolute atomic E-state index is 13.4. The van der Waals surface area contributed by atoms with E-state index in [1.54, 1.807) is 13.8 Å². The summed E-state index contributed by atoms with van der Waals surface area (Å²) in [4.78, 5) is 27.3. The fourth-order valence-electron chi connectivity index (χ4n) is 3.12. The molecule has 1 N–H and O–H groups in total. The number of benzene rings is 2. The van der Waals surface area contributed by atoms with Crippen molar-refractivity contribution in [3.63, 3.8) is 0 Å². The minimum absolute atomic E-state index is 0.130. The lowest BCUT2D eigenvalue weighted by atomic mass is 10.1. The molecule has 0 aliphatic heterocycles. The van der Waals surface area contributed by atoms with Gasteiger partial charge in [-0.2, -0.15) is 0 Å². The second-order valence-corrected chi connectivity index (χ2v) is 10.5. The van der Waals surface area contributed by atoms with Crippen LogP contribution in [-0.2, 0) is 26.2 Å². The van der Waals surface area contributed by atoms with E-state index in [1.165, 1.54) is 30.2 Å². The lowest BCUT2D eigenvalue weighted by Gasteiger charge is -2.31. The SMILES string of the molecule is CCNC(=O)[C@@H](C)N(Cc1ccc(Br)cc1)C(=O)CN(c1ccc(OC)c(Cl)c1)S(C)(=O)=O. The molecule has 0 heterocycles. The van der Waals surface area contributed by atoms with Crippen LogP contribution in [0.3, 0.4) is 0 Å². The number of ether oxygens (including phenoxy) is 1. The van der Waals surface area contributed by atoms with Crippen molar-refractivity contribution in [2.75, 3.05) is 30.8 Å². The highest BCUT2D eigenvalue weighted by atomic mass is 79.9. The Balaban J connectivity index is 2.39. The van der Waals surface area contributed by atoms with E-state index >= 15 is 0 Å². The smallest absolute Gasteiger partial charge is 0.244 e. The maximum atomic E-state index is 13.4. The number of hydrogen-bond acceptors (Lipinski definition) is 5. The van der Waals surface area contributed by atoms with E-state index in [4.69, 9.17) is 16.3 Å². The molecule has 0 saturated heterocycles. The summed E-state index contributed by atoms with van der Waals surface area (Å²) in [7, 11) is -2.39. The van der Waals surface area contributed by atoms with Gasteiger partial charge in [0.25, 0.3) is 0 Å². The summed E-state index contributed by atoms with van der Waals surface area (Å²) in [5.74, 6) is -0.489. The molecule has 180 valence electrons. The number of sulfonamides is 1. The normalized spacial score (nSPS) is 12.1. The van der Waals surface area contributed by atoms with E-state index in [0.29, 0.717) is 12.3 Å². The number of nitrogens with one attached hydrogen (secondary N) is 1. The van der Waals surface area contributed by atoms with E-state index in [1.807, 2.05) is 24.3 Å². The number of amides is 2. The Labute approximate surface area is 208 Å². The molecule has 0 aliphatic carbocycles. The van der Waals surface area contributed by atoms with Crippen LogP contribution in [0, 0.1) is 0 Å². The molecule has 0 aliphatic rings. The Morgan fingerprint density at radius 2 is 1.82 bits per heavy atom. The quantitative estimate of drug-likeness (QED) is 0.480. The first-order valence-corrected chi connectivity index (χ1v) is 13.1. The molecule has 0 radical (unpaired) electrons. The highest BCUT2D eigenvalue weighted by Gasteiger charge is 2.30. The van der Waals surface area contributed by atoms with Gasteiger partial charge >= 0.3 is 0 Å². The highest BCUT2D eigenvalue weighted by Crippen LogP contribution is 2.30. The number of rotatable bonds is 10. The summed E-state index contributed by atoms with van der Waals surface area (Å²) in [6, 6.07) is 10.9. The molecule has 0 fully saturated rings. The summed E-state index contributed by atoms with van der Waals surface area (Å²) in [5.41, 5.74) is 1.01. The van der Waals surface area contributed by atoms with Crippen molar-refractivity contribution in [3.05, 3.63) is 57.5 Å². The second-order valence-electron chi connectivity index (χ2n) is 7.31. The predicted octanol–water partition coefficient (Wildman–Crippen LogP) is 3.43. The maximum Gasteiger partial charge on any atom is 0.244 e. The predicted molar refractivity (Wildman–Crippen MR) is 133 cm³/mol. The van der Waals surface area contributed by atoms with Crippen molar-refractivity contribution in [1.82, 2.24) is 10.2 Å². The van der Waals surface area contributed by atoms with Crippen LogP contribution in [0.15, 0.2) is 46.9 Å². The Morgan fingerprint density at radius 3 is 2.33 bits per heavy atom. The van der Waals surface area contributed by atoms with Crippen LogP contribution in [0.25, 0.3) is 0 Å². The number of carbonyl (C=O) groups is 2. The third-order valence-corrected chi connectivity index (χ3v) is 6.85. The van der Waals surface area contributed by atoms with Gasteiger partial charge in [0.2, 0.25) is 21.8 Å². The summed E-state index contributed by atoms with van der Waals surface area (Å²) in [6.07, 6.45) is 1.00. The zero-order chi connectivity index (χ0) is 24.8. The Bertz CT molecular complexity index is 1100. The van der Waals surface area contributed by atoms with Gasteiger partial charge in [-0.15, -0.1) is 0 Å². The first kappa shape index (κ1) is 26.9. The van der Waals surface area contributed by atoms with Crippen LogP contribution in [0.1, 0.15) is 19.4 Å². The van der Waals surface area contributed by atoms with Crippen LogP contribution < -0.4 is 14.4 Å². The molecule has 0 spiro atoms. The van der Waals surface area contributed by atoms with Crippen molar-refractivity contribution < 1.29 is 22.7 Å². The highest BCUT2D eigenvalue weighted by molar-refractivity contribution is 9.10. The topological polar surface area (TPSA) is 96.0 Å². The van der Waals surface area contributed by atoms with Gasteiger partial charge in [0.1, 0.15) is 18.3 Å². The van der Waals surface area contributed by atoms with E-state index in [0.717, 1.165) is 20.6 Å². The van der Waals surface area contributed by atoms with Crippen LogP contribution in [-0.4, -0.2) is 57.6 Å². The zero-order valence-corrected chi connectivity index (χ0v) is 22.0. The molecule has 2 aromatic carbocycles. The zero-order valence-electron chi connectivity index (χ0n) is 18.8. The lowest BCUT2D eigenvalue weighted by Crippen LogP contribution is -2.51. The number of likely N-dealkylation sites (N-methyl/N-ethyl adjacent to an activating group) is 1. The summed E-state index contributed by atoms with van der Waals surface area (Å²) < 4.78 is 32.1. The molecule has 2 rings (SSSR count). The van der Waals surface area contributed by atoms with Gasteiger partial charge in [0.05, 0.1) is 24.1 Å². The molecule has 0 saturated carbocycles. The summed E-state index contributed by atoms with van der Waals surface area (Å²) in [5, 5.41) is 2.91. The molecule has 0 unspecified atom stereocenters. The third-order valence-electron chi connectivity index (χ3n) is 4.89. The largest absolute Gasteiger partial charge is 0.495 e. The fourth-order valence-corrected chi connectivity index (χ4v) is 4.47. The van der Waals surface area contributed by atoms with Gasteiger partial charge in [0, 0.05) is 17.6 Å².